The molecule has 2 saturated heterocycles. The van der Waals surface area contributed by atoms with Gasteiger partial charge in [0.15, 0.2) is 0 Å². The average Bonchev–Trinajstić information content (AvgIpc) is 3.14. The fraction of sp³-hybridized carbons (Fsp3) is 0.654. The van der Waals surface area contributed by atoms with E-state index in [0.717, 1.165) is 31.2 Å². The van der Waals surface area contributed by atoms with Gasteiger partial charge in [0.2, 0.25) is 0 Å². The number of ether oxygens (including phenoxy) is 1. The molecule has 0 spiro atoms. The average molecular weight is 488 g/mol. The van der Waals surface area contributed by atoms with Crippen LogP contribution in [0.15, 0.2) is 30.3 Å². The highest BCUT2D eigenvalue weighted by Crippen LogP contribution is 2.37. The Kier molecular flexibility index (Phi) is 7.96. The zero-order chi connectivity index (χ0) is 25.0. The van der Waals surface area contributed by atoms with E-state index in [4.69, 9.17) is 14.4 Å². The van der Waals surface area contributed by atoms with Gasteiger partial charge in [0.05, 0.1) is 19.2 Å². The van der Waals surface area contributed by atoms with Crippen LogP contribution in [0, 0.1) is 11.8 Å². The molecular weight excluding hydrogens is 450 g/mol. The molecule has 1 N–H and O–H groups in total. The van der Waals surface area contributed by atoms with E-state index in [0.29, 0.717) is 26.0 Å². The molecule has 4 rings (SSSR count). The van der Waals surface area contributed by atoms with Crippen molar-refractivity contribution in [3.05, 3.63) is 35.9 Å². The van der Waals surface area contributed by atoms with E-state index in [-0.39, 0.29) is 30.3 Å². The molecule has 3 fully saturated rings. The van der Waals surface area contributed by atoms with Crippen LogP contribution in [0.2, 0.25) is 0 Å². The third kappa shape index (κ3) is 6.52. The summed E-state index contributed by atoms with van der Waals surface area (Å²) in [5.74, 6) is -0.518. The summed E-state index contributed by atoms with van der Waals surface area (Å²) < 4.78 is 5.58. The predicted molar refractivity (Wildman–Crippen MR) is 127 cm³/mol. The molecule has 9 heteroatoms. The topological polar surface area (TPSA) is 97.4 Å². The number of rotatable bonds is 6. The highest BCUT2D eigenvalue weighted by molar-refractivity contribution is 5.85. The third-order valence-corrected chi connectivity index (χ3v) is 6.89. The number of nitrogens with zero attached hydrogens (tertiary/aromatic N) is 2. The van der Waals surface area contributed by atoms with E-state index >= 15 is 0 Å². The molecule has 1 aromatic rings. The maximum atomic E-state index is 13.2. The van der Waals surface area contributed by atoms with E-state index in [2.05, 4.69) is 5.48 Å². The first-order valence-electron chi connectivity index (χ1n) is 12.7. The first-order valence-corrected chi connectivity index (χ1v) is 12.7. The van der Waals surface area contributed by atoms with Crippen LogP contribution in [0.5, 0.6) is 0 Å². The molecule has 2 aliphatic heterocycles. The van der Waals surface area contributed by atoms with Gasteiger partial charge in [-0.1, -0.05) is 43.2 Å². The highest BCUT2D eigenvalue weighted by Gasteiger charge is 2.46. The van der Waals surface area contributed by atoms with Crippen molar-refractivity contribution < 1.29 is 28.8 Å². The first kappa shape index (κ1) is 25.4. The number of nitrogens with one attached hydrogen (secondary N) is 1. The minimum absolute atomic E-state index is 0.0554. The second kappa shape index (κ2) is 11.0. The number of carbonyl (C=O) groups excluding carboxylic acids is 3. The van der Waals surface area contributed by atoms with Crippen molar-refractivity contribution in [1.29, 1.82) is 0 Å². The first-order chi connectivity index (χ1) is 16.7. The van der Waals surface area contributed by atoms with Crippen LogP contribution in [0.4, 0.5) is 4.79 Å². The van der Waals surface area contributed by atoms with Gasteiger partial charge < -0.3 is 9.57 Å². The van der Waals surface area contributed by atoms with E-state index < -0.39 is 23.7 Å². The zero-order valence-corrected chi connectivity index (χ0v) is 20.9. The Bertz CT molecular complexity index is 902. The summed E-state index contributed by atoms with van der Waals surface area (Å²) in [4.78, 5) is 51.6. The lowest BCUT2D eigenvalue weighted by atomic mass is 9.81. The fourth-order valence-electron chi connectivity index (χ4n) is 5.14. The van der Waals surface area contributed by atoms with Crippen LogP contribution < -0.4 is 5.48 Å². The van der Waals surface area contributed by atoms with Gasteiger partial charge in [-0.2, -0.15) is 10.5 Å². The van der Waals surface area contributed by atoms with E-state index in [1.165, 1.54) is 9.96 Å². The van der Waals surface area contributed by atoms with Gasteiger partial charge in [-0.05, 0) is 57.9 Å². The van der Waals surface area contributed by atoms with Crippen molar-refractivity contribution in [1.82, 2.24) is 15.4 Å². The maximum Gasteiger partial charge on any atom is 0.411 e. The molecule has 0 radical (unpaired) electrons. The third-order valence-electron chi connectivity index (χ3n) is 6.89. The summed E-state index contributed by atoms with van der Waals surface area (Å²) in [6.07, 6.45) is 4.36. The standard InChI is InChI=1S/C26H37N3O6/c1-26(2,3)34-25(32)28-16-20(27-33-17-18-9-5-4-6-10-18)13-14-22(28)24(31)35-29-15-19-11-7-8-12-21(19)23(29)30/h4-6,9-10,19-22,27H,7-8,11-17H2,1-3H3/t19?,20-,21?,22+/m1/s1. The van der Waals surface area contributed by atoms with E-state index in [1.807, 2.05) is 30.3 Å². The van der Waals surface area contributed by atoms with Crippen LogP contribution >= 0.6 is 0 Å². The Hall–Kier alpha value is -2.65. The largest absolute Gasteiger partial charge is 0.444 e. The summed E-state index contributed by atoms with van der Waals surface area (Å²) in [5.41, 5.74) is 3.34. The summed E-state index contributed by atoms with van der Waals surface area (Å²) in [7, 11) is 0. The van der Waals surface area contributed by atoms with Crippen molar-refractivity contribution in [2.24, 2.45) is 11.8 Å². The molecule has 192 valence electrons. The lowest BCUT2D eigenvalue weighted by Gasteiger charge is -2.39. The minimum Gasteiger partial charge on any atom is -0.444 e. The molecule has 9 nitrogen and oxygen atoms in total. The summed E-state index contributed by atoms with van der Waals surface area (Å²) in [5, 5.41) is 1.23. The van der Waals surface area contributed by atoms with E-state index in [1.54, 1.807) is 20.8 Å². The second-order valence-corrected chi connectivity index (χ2v) is 10.8. The molecule has 1 aliphatic carbocycles. The Morgan fingerprint density at radius 3 is 2.49 bits per heavy atom. The van der Waals surface area contributed by atoms with Gasteiger partial charge >= 0.3 is 12.1 Å². The smallest absolute Gasteiger partial charge is 0.411 e. The Morgan fingerprint density at radius 2 is 1.77 bits per heavy atom. The second-order valence-electron chi connectivity index (χ2n) is 10.8. The van der Waals surface area contributed by atoms with Crippen LogP contribution in [0.3, 0.4) is 0 Å². The minimum atomic E-state index is -0.826. The van der Waals surface area contributed by atoms with Crippen LogP contribution in [-0.2, 0) is 30.6 Å². The molecule has 2 amide bonds. The summed E-state index contributed by atoms with van der Waals surface area (Å²) in [6, 6.07) is 8.77. The van der Waals surface area contributed by atoms with Gasteiger partial charge in [-0.3, -0.25) is 14.5 Å². The molecule has 0 bridgehead atoms. The number of likely N-dealkylation sites (tertiary alicyclic amines) is 1. The van der Waals surface area contributed by atoms with Crippen molar-refractivity contribution >= 4 is 18.0 Å². The summed E-state index contributed by atoms with van der Waals surface area (Å²) >= 11 is 0. The summed E-state index contributed by atoms with van der Waals surface area (Å²) in [6.45, 7) is 6.39. The monoisotopic (exact) mass is 487 g/mol. The highest BCUT2D eigenvalue weighted by atomic mass is 16.7. The number of carbonyl (C=O) groups is 3. The number of hydroxylamine groups is 3. The maximum absolute atomic E-state index is 13.2. The van der Waals surface area contributed by atoms with Crippen LogP contribution in [-0.4, -0.2) is 58.7 Å². The molecule has 4 atom stereocenters. The Morgan fingerprint density at radius 1 is 1.03 bits per heavy atom. The molecule has 2 heterocycles. The number of hydrogen-bond acceptors (Lipinski definition) is 7. The molecule has 1 saturated carbocycles. The van der Waals surface area contributed by atoms with Crippen molar-refractivity contribution in [3.8, 4) is 0 Å². The lowest BCUT2D eigenvalue weighted by molar-refractivity contribution is -0.199. The lowest BCUT2D eigenvalue weighted by Crippen LogP contribution is -2.57. The number of fused-ring (bicyclic) bond motifs is 1. The zero-order valence-electron chi connectivity index (χ0n) is 20.9. The quantitative estimate of drug-likeness (QED) is 0.613. The van der Waals surface area contributed by atoms with Gasteiger partial charge in [0.1, 0.15) is 11.6 Å². The number of hydrogen-bond donors (Lipinski definition) is 1. The number of piperidine rings is 1. The van der Waals surface area contributed by atoms with Crippen LogP contribution in [0.25, 0.3) is 0 Å². The SMILES string of the molecule is CC(C)(C)OC(=O)N1C[C@H](NOCc2ccccc2)CC[C@H]1C(=O)ON1CC2CCCCC2C1=O. The Labute approximate surface area is 207 Å². The Balaban J connectivity index is 1.38. The molecule has 35 heavy (non-hydrogen) atoms. The van der Waals surface area contributed by atoms with Crippen molar-refractivity contribution in [2.75, 3.05) is 13.1 Å². The van der Waals surface area contributed by atoms with E-state index in [9.17, 15) is 14.4 Å². The van der Waals surface area contributed by atoms with Gasteiger partial charge in [0, 0.05) is 12.5 Å². The molecule has 2 unspecified atom stereocenters. The number of benzene rings is 1. The van der Waals surface area contributed by atoms with Crippen LogP contribution in [0.1, 0.15) is 64.9 Å². The molecule has 1 aromatic carbocycles. The fourth-order valence-corrected chi connectivity index (χ4v) is 5.14. The van der Waals surface area contributed by atoms with Gasteiger partial charge in [-0.25, -0.2) is 9.59 Å². The van der Waals surface area contributed by atoms with Gasteiger partial charge in [-0.15, -0.1) is 0 Å². The normalized spacial score (nSPS) is 26.9. The van der Waals surface area contributed by atoms with Crippen molar-refractivity contribution in [2.45, 2.75) is 83.6 Å². The molecular formula is C26H37N3O6. The number of amides is 2. The van der Waals surface area contributed by atoms with Crippen molar-refractivity contribution in [3.63, 3.8) is 0 Å². The predicted octanol–water partition coefficient (Wildman–Crippen LogP) is 3.58. The van der Waals surface area contributed by atoms with Gasteiger partial charge in [0.25, 0.3) is 5.91 Å². The molecule has 3 aliphatic rings. The molecule has 0 aromatic heterocycles.